The SMILES string of the molecule is CCOc1cc(/C=N\NC(=O)c2ccc(COc3ccccc3)o2)c(Br)cc1O. The molecule has 7 nitrogen and oxygen atoms in total. The summed E-state index contributed by atoms with van der Waals surface area (Å²) < 4.78 is 17.0. The highest BCUT2D eigenvalue weighted by molar-refractivity contribution is 9.10. The van der Waals surface area contributed by atoms with Crippen LogP contribution in [0.5, 0.6) is 17.2 Å². The Labute approximate surface area is 176 Å². The molecule has 3 aromatic rings. The number of rotatable bonds is 8. The summed E-state index contributed by atoms with van der Waals surface area (Å²) in [6.45, 7) is 2.44. The average molecular weight is 459 g/mol. The lowest BCUT2D eigenvalue weighted by Gasteiger charge is -2.08. The summed E-state index contributed by atoms with van der Waals surface area (Å²) in [5, 5.41) is 13.8. The molecular formula is C21H19BrN2O5. The number of amides is 1. The number of furan rings is 1. The Morgan fingerprint density at radius 3 is 2.76 bits per heavy atom. The predicted molar refractivity (Wildman–Crippen MR) is 112 cm³/mol. The van der Waals surface area contributed by atoms with Crippen LogP contribution in [-0.4, -0.2) is 23.8 Å². The molecule has 0 atom stereocenters. The first-order chi connectivity index (χ1) is 14.1. The van der Waals surface area contributed by atoms with E-state index in [1.54, 1.807) is 18.2 Å². The second-order valence-corrected chi connectivity index (χ2v) is 6.70. The third-order valence-corrected chi connectivity index (χ3v) is 4.44. The van der Waals surface area contributed by atoms with E-state index < -0.39 is 5.91 Å². The lowest BCUT2D eigenvalue weighted by molar-refractivity contribution is 0.0923. The topological polar surface area (TPSA) is 93.3 Å². The van der Waals surface area contributed by atoms with E-state index in [1.165, 1.54) is 12.3 Å². The quantitative estimate of drug-likeness (QED) is 0.383. The molecule has 1 aromatic heterocycles. The lowest BCUT2D eigenvalue weighted by Crippen LogP contribution is -2.16. The van der Waals surface area contributed by atoms with Gasteiger partial charge in [-0.05, 0) is 59.3 Å². The summed E-state index contributed by atoms with van der Waals surface area (Å²) in [4.78, 5) is 12.2. The van der Waals surface area contributed by atoms with Crippen LogP contribution in [-0.2, 0) is 6.61 Å². The number of phenolic OH excluding ortho intramolecular Hbond substituents is 1. The van der Waals surface area contributed by atoms with Crippen molar-refractivity contribution in [1.29, 1.82) is 0 Å². The number of carbonyl (C=O) groups excluding carboxylic acids is 1. The van der Waals surface area contributed by atoms with Crippen LogP contribution in [0, 0.1) is 0 Å². The van der Waals surface area contributed by atoms with Crippen LogP contribution in [0.2, 0.25) is 0 Å². The first-order valence-corrected chi connectivity index (χ1v) is 9.61. The molecule has 2 N–H and O–H groups in total. The molecule has 0 spiro atoms. The Hall–Kier alpha value is -3.26. The molecular weight excluding hydrogens is 440 g/mol. The second-order valence-electron chi connectivity index (χ2n) is 5.84. The number of benzene rings is 2. The van der Waals surface area contributed by atoms with E-state index in [1.807, 2.05) is 37.3 Å². The van der Waals surface area contributed by atoms with E-state index in [9.17, 15) is 9.90 Å². The molecule has 0 bridgehead atoms. The fourth-order valence-corrected chi connectivity index (χ4v) is 2.83. The zero-order valence-electron chi connectivity index (χ0n) is 15.6. The number of phenols is 1. The minimum Gasteiger partial charge on any atom is -0.504 e. The molecule has 0 unspecified atom stereocenters. The molecule has 0 saturated heterocycles. The van der Waals surface area contributed by atoms with E-state index in [-0.39, 0.29) is 18.1 Å². The van der Waals surface area contributed by atoms with Crippen molar-refractivity contribution in [1.82, 2.24) is 5.43 Å². The molecule has 2 aromatic carbocycles. The summed E-state index contributed by atoms with van der Waals surface area (Å²) in [6, 6.07) is 15.7. The molecule has 0 aliphatic heterocycles. The van der Waals surface area contributed by atoms with Gasteiger partial charge in [0.25, 0.3) is 0 Å². The molecule has 0 aliphatic rings. The van der Waals surface area contributed by atoms with Crippen molar-refractivity contribution in [2.75, 3.05) is 6.61 Å². The molecule has 0 aliphatic carbocycles. The van der Waals surface area contributed by atoms with Crippen LogP contribution in [0.25, 0.3) is 0 Å². The monoisotopic (exact) mass is 458 g/mol. The summed E-state index contributed by atoms with van der Waals surface area (Å²) in [5.41, 5.74) is 3.03. The largest absolute Gasteiger partial charge is 0.504 e. The highest BCUT2D eigenvalue weighted by atomic mass is 79.9. The van der Waals surface area contributed by atoms with Crippen molar-refractivity contribution < 1.29 is 23.8 Å². The van der Waals surface area contributed by atoms with Gasteiger partial charge in [0.2, 0.25) is 0 Å². The van der Waals surface area contributed by atoms with Crippen molar-refractivity contribution in [3.05, 3.63) is 76.2 Å². The number of aromatic hydroxyl groups is 1. The van der Waals surface area contributed by atoms with Crippen LogP contribution >= 0.6 is 15.9 Å². The second kappa shape index (κ2) is 9.79. The van der Waals surface area contributed by atoms with E-state index in [2.05, 4.69) is 26.5 Å². The lowest BCUT2D eigenvalue weighted by atomic mass is 10.2. The molecule has 1 amide bonds. The Bertz CT molecular complexity index is 1000. The molecule has 0 fully saturated rings. The van der Waals surface area contributed by atoms with E-state index in [0.29, 0.717) is 33.9 Å². The number of nitrogens with one attached hydrogen (secondary N) is 1. The van der Waals surface area contributed by atoms with Gasteiger partial charge >= 0.3 is 5.91 Å². The number of halogens is 1. The normalized spacial score (nSPS) is 10.8. The van der Waals surface area contributed by atoms with Crippen molar-refractivity contribution >= 4 is 28.1 Å². The summed E-state index contributed by atoms with van der Waals surface area (Å²) in [6.07, 6.45) is 1.44. The smallest absolute Gasteiger partial charge is 0.307 e. The standard InChI is InChI=1S/C21H19BrN2O5/c1-2-27-20-10-14(17(22)11-18(20)25)12-23-24-21(26)19-9-8-16(29-19)13-28-15-6-4-3-5-7-15/h3-12,25H,2,13H2,1H3,(H,24,26)/b23-12-. The van der Waals surface area contributed by atoms with Gasteiger partial charge in [-0.2, -0.15) is 5.10 Å². The summed E-state index contributed by atoms with van der Waals surface area (Å²) in [7, 11) is 0. The van der Waals surface area contributed by atoms with Gasteiger partial charge < -0.3 is 19.0 Å². The predicted octanol–water partition coefficient (Wildman–Crippen LogP) is 4.49. The van der Waals surface area contributed by atoms with Crippen molar-refractivity contribution in [2.24, 2.45) is 5.10 Å². The first-order valence-electron chi connectivity index (χ1n) is 8.82. The molecule has 8 heteroatoms. The molecule has 3 rings (SSSR count). The van der Waals surface area contributed by atoms with Crippen LogP contribution in [0.1, 0.15) is 28.8 Å². The maximum atomic E-state index is 12.2. The molecule has 150 valence electrons. The van der Waals surface area contributed by atoms with Gasteiger partial charge in [-0.25, -0.2) is 5.43 Å². The molecule has 1 heterocycles. The maximum absolute atomic E-state index is 12.2. The van der Waals surface area contributed by atoms with Gasteiger partial charge in [0.15, 0.2) is 17.3 Å². The molecule has 0 saturated carbocycles. The molecule has 29 heavy (non-hydrogen) atoms. The number of para-hydroxylation sites is 1. The maximum Gasteiger partial charge on any atom is 0.307 e. The average Bonchev–Trinajstić information content (AvgIpc) is 3.20. The van der Waals surface area contributed by atoms with Gasteiger partial charge in [-0.1, -0.05) is 18.2 Å². The van der Waals surface area contributed by atoms with Gasteiger partial charge in [0, 0.05) is 10.0 Å². The first kappa shape index (κ1) is 20.5. The van der Waals surface area contributed by atoms with Crippen molar-refractivity contribution in [3.8, 4) is 17.2 Å². The fourth-order valence-electron chi connectivity index (χ4n) is 2.39. The number of nitrogens with zero attached hydrogens (tertiary/aromatic N) is 1. The van der Waals surface area contributed by atoms with Crippen LogP contribution < -0.4 is 14.9 Å². The summed E-state index contributed by atoms with van der Waals surface area (Å²) >= 11 is 3.33. The Morgan fingerprint density at radius 2 is 2.00 bits per heavy atom. The Kier molecular flexibility index (Phi) is 6.91. The van der Waals surface area contributed by atoms with Gasteiger partial charge in [0.1, 0.15) is 18.1 Å². The zero-order valence-corrected chi connectivity index (χ0v) is 17.2. The minimum atomic E-state index is -0.493. The van der Waals surface area contributed by atoms with Gasteiger partial charge in [0.05, 0.1) is 12.8 Å². The Morgan fingerprint density at radius 1 is 1.21 bits per heavy atom. The van der Waals surface area contributed by atoms with E-state index in [4.69, 9.17) is 13.9 Å². The number of hydrogen-bond acceptors (Lipinski definition) is 6. The van der Waals surface area contributed by atoms with Crippen molar-refractivity contribution in [3.63, 3.8) is 0 Å². The fraction of sp³-hybridized carbons (Fsp3) is 0.143. The van der Waals surface area contributed by atoms with Gasteiger partial charge in [-0.3, -0.25) is 4.79 Å². The number of hydrazone groups is 1. The number of ether oxygens (including phenoxy) is 2. The minimum absolute atomic E-state index is 0.0146. The summed E-state index contributed by atoms with van der Waals surface area (Å²) in [5.74, 6) is 1.20. The van der Waals surface area contributed by atoms with Crippen LogP contribution in [0.3, 0.4) is 0 Å². The number of carbonyl (C=O) groups is 1. The van der Waals surface area contributed by atoms with Gasteiger partial charge in [-0.15, -0.1) is 0 Å². The third kappa shape index (κ3) is 5.61. The highest BCUT2D eigenvalue weighted by Crippen LogP contribution is 2.31. The van der Waals surface area contributed by atoms with Crippen LogP contribution in [0.4, 0.5) is 0 Å². The van der Waals surface area contributed by atoms with E-state index >= 15 is 0 Å². The van der Waals surface area contributed by atoms with E-state index in [0.717, 1.165) is 0 Å². The third-order valence-electron chi connectivity index (χ3n) is 3.76. The number of hydrogen-bond donors (Lipinski definition) is 2. The zero-order chi connectivity index (χ0) is 20.6. The highest BCUT2D eigenvalue weighted by Gasteiger charge is 2.11. The van der Waals surface area contributed by atoms with Crippen LogP contribution in [0.15, 0.2) is 68.6 Å². The molecule has 0 radical (unpaired) electrons. The Balaban J connectivity index is 1.58. The van der Waals surface area contributed by atoms with Crippen molar-refractivity contribution in [2.45, 2.75) is 13.5 Å².